The summed E-state index contributed by atoms with van der Waals surface area (Å²) >= 11 is 0. The van der Waals surface area contributed by atoms with Gasteiger partial charge in [-0.3, -0.25) is 0 Å². The normalized spacial score (nSPS) is 13.7. The molecular formula is C13H23FeO. The molecule has 1 radical (unpaired) electrons. The number of rotatable bonds is 0. The monoisotopic (exact) mass is 251 g/mol. The van der Waals surface area contributed by atoms with Gasteiger partial charge in [0.1, 0.15) is 6.79 Å². The van der Waals surface area contributed by atoms with Crippen LogP contribution in [0.3, 0.4) is 0 Å². The van der Waals surface area contributed by atoms with Gasteiger partial charge in [0, 0.05) is 0 Å². The van der Waals surface area contributed by atoms with E-state index < -0.39 is 0 Å². The SMILES string of the molecule is C=O.CC(C)=C1C=CC=C1C(C)(C)C.[Fe+3].[H-].[H-].[H-]. The van der Waals surface area contributed by atoms with Gasteiger partial charge in [-0.15, -0.1) is 0 Å². The van der Waals surface area contributed by atoms with Gasteiger partial charge in [0.25, 0.3) is 0 Å². The molecule has 0 saturated heterocycles. The van der Waals surface area contributed by atoms with Crippen LogP contribution < -0.4 is 0 Å². The van der Waals surface area contributed by atoms with Crippen molar-refractivity contribution >= 4 is 6.79 Å². The van der Waals surface area contributed by atoms with Crippen molar-refractivity contribution in [1.82, 2.24) is 0 Å². The molecule has 0 aromatic heterocycles. The average molecular weight is 251 g/mol. The maximum absolute atomic E-state index is 8.00. The summed E-state index contributed by atoms with van der Waals surface area (Å²) in [4.78, 5) is 8.00. The molecule has 15 heavy (non-hydrogen) atoms. The Hall–Kier alpha value is -0.591. The summed E-state index contributed by atoms with van der Waals surface area (Å²) in [5.74, 6) is 0. The molecule has 1 aliphatic carbocycles. The summed E-state index contributed by atoms with van der Waals surface area (Å²) in [6.45, 7) is 13.1. The Morgan fingerprint density at radius 3 is 2.00 bits per heavy atom. The van der Waals surface area contributed by atoms with Gasteiger partial charge in [-0.1, -0.05) is 44.6 Å². The molecule has 0 aromatic rings. The fourth-order valence-corrected chi connectivity index (χ4v) is 1.51. The molecule has 1 rings (SSSR count). The Kier molecular flexibility index (Phi) is 7.64. The quantitative estimate of drug-likeness (QED) is 0.594. The predicted molar refractivity (Wildman–Crippen MR) is 65.5 cm³/mol. The first kappa shape index (κ1) is 16.8. The first-order chi connectivity index (χ1) is 6.43. The van der Waals surface area contributed by atoms with Gasteiger partial charge in [0.2, 0.25) is 0 Å². The third-order valence-electron chi connectivity index (χ3n) is 2.16. The standard InChI is InChI=1S/C12H18.CH2O.Fe.3H/c1-9(2)10-7-6-8-11(10)12(3,4)5;1-2;;;;/h6-8H,1-5H3;1H2;;;;/q;;+3;3*-1. The molecule has 89 valence electrons. The summed E-state index contributed by atoms with van der Waals surface area (Å²) in [5.41, 5.74) is 4.56. The molecule has 0 atom stereocenters. The average Bonchev–Trinajstić information content (AvgIpc) is 2.54. The Bertz CT molecular complexity index is 298. The van der Waals surface area contributed by atoms with E-state index in [0.29, 0.717) is 0 Å². The second kappa shape index (κ2) is 6.81. The van der Waals surface area contributed by atoms with E-state index in [1.807, 2.05) is 6.79 Å². The topological polar surface area (TPSA) is 17.1 Å². The molecule has 1 aliphatic rings. The summed E-state index contributed by atoms with van der Waals surface area (Å²) in [5, 5.41) is 0. The Morgan fingerprint density at radius 2 is 1.73 bits per heavy atom. The van der Waals surface area contributed by atoms with Crippen molar-refractivity contribution in [3.05, 3.63) is 34.9 Å². The van der Waals surface area contributed by atoms with Gasteiger partial charge >= 0.3 is 17.1 Å². The number of hydrogen-bond acceptors (Lipinski definition) is 1. The van der Waals surface area contributed by atoms with Crippen LogP contribution in [0.25, 0.3) is 0 Å². The molecule has 0 heterocycles. The second-order valence-electron chi connectivity index (χ2n) is 4.60. The number of carbonyl (C=O) groups excluding carboxylic acids is 1. The van der Waals surface area contributed by atoms with Crippen LogP contribution in [0.1, 0.15) is 38.9 Å². The Balaban J connectivity index is -0.0000000894. The molecule has 0 saturated carbocycles. The largest absolute Gasteiger partial charge is 3.00 e. The molecule has 0 aliphatic heterocycles. The van der Waals surface area contributed by atoms with Crippen molar-refractivity contribution in [2.24, 2.45) is 5.41 Å². The zero-order valence-corrected chi connectivity index (χ0v) is 11.3. The van der Waals surface area contributed by atoms with E-state index in [4.69, 9.17) is 4.79 Å². The van der Waals surface area contributed by atoms with Gasteiger partial charge in [-0.25, -0.2) is 0 Å². The number of allylic oxidation sites excluding steroid dienone is 6. The van der Waals surface area contributed by atoms with E-state index in [2.05, 4.69) is 52.8 Å². The van der Waals surface area contributed by atoms with E-state index in [-0.39, 0.29) is 26.8 Å². The van der Waals surface area contributed by atoms with Crippen LogP contribution in [0.4, 0.5) is 0 Å². The van der Waals surface area contributed by atoms with E-state index in [0.717, 1.165) is 0 Å². The molecule has 2 heteroatoms. The van der Waals surface area contributed by atoms with E-state index in [1.165, 1.54) is 16.7 Å². The van der Waals surface area contributed by atoms with Crippen molar-refractivity contribution in [2.75, 3.05) is 0 Å². The first-order valence-corrected chi connectivity index (χ1v) is 4.78. The first-order valence-electron chi connectivity index (χ1n) is 4.78. The van der Waals surface area contributed by atoms with Crippen molar-refractivity contribution in [3.8, 4) is 0 Å². The molecule has 0 spiro atoms. The van der Waals surface area contributed by atoms with Crippen molar-refractivity contribution < 1.29 is 26.1 Å². The maximum atomic E-state index is 8.00. The molecule has 1 nitrogen and oxygen atoms in total. The van der Waals surface area contributed by atoms with Crippen LogP contribution >= 0.6 is 0 Å². The summed E-state index contributed by atoms with van der Waals surface area (Å²) in [6, 6.07) is 0. The van der Waals surface area contributed by atoms with E-state index >= 15 is 0 Å². The minimum atomic E-state index is 0. The molecule has 0 bridgehead atoms. The number of carbonyl (C=O) groups is 1. The smallest absolute Gasteiger partial charge is 1.00 e. The van der Waals surface area contributed by atoms with Gasteiger partial charge in [0.05, 0.1) is 0 Å². The second-order valence-corrected chi connectivity index (χ2v) is 4.60. The van der Waals surface area contributed by atoms with Crippen LogP contribution in [0.2, 0.25) is 0 Å². The number of hydrogen-bond donors (Lipinski definition) is 0. The molecule has 0 aromatic carbocycles. The predicted octanol–water partition coefficient (Wildman–Crippen LogP) is 4.02. The van der Waals surface area contributed by atoms with Crippen LogP contribution in [-0.2, 0) is 21.9 Å². The summed E-state index contributed by atoms with van der Waals surface area (Å²) in [7, 11) is 0. The van der Waals surface area contributed by atoms with E-state index in [9.17, 15) is 0 Å². The van der Waals surface area contributed by atoms with Crippen molar-refractivity contribution in [2.45, 2.75) is 34.6 Å². The van der Waals surface area contributed by atoms with Gasteiger partial charge in [-0.05, 0) is 30.4 Å². The van der Waals surface area contributed by atoms with Gasteiger partial charge in [-0.2, -0.15) is 0 Å². The van der Waals surface area contributed by atoms with Crippen molar-refractivity contribution in [3.63, 3.8) is 0 Å². The summed E-state index contributed by atoms with van der Waals surface area (Å²) in [6.07, 6.45) is 6.57. The van der Waals surface area contributed by atoms with Crippen LogP contribution in [-0.4, -0.2) is 6.79 Å². The van der Waals surface area contributed by atoms with Gasteiger partial charge in [0.15, 0.2) is 0 Å². The van der Waals surface area contributed by atoms with Crippen LogP contribution in [0.5, 0.6) is 0 Å². The minimum absolute atomic E-state index is 0. The molecule has 0 amide bonds. The zero-order chi connectivity index (χ0) is 11.4. The molecule has 0 N–H and O–H groups in total. The van der Waals surface area contributed by atoms with Crippen molar-refractivity contribution in [1.29, 1.82) is 0 Å². The molecular weight excluding hydrogens is 228 g/mol. The maximum Gasteiger partial charge on any atom is 3.00 e. The third-order valence-corrected chi connectivity index (χ3v) is 2.16. The Morgan fingerprint density at radius 1 is 1.27 bits per heavy atom. The van der Waals surface area contributed by atoms with Crippen LogP contribution in [0, 0.1) is 5.41 Å². The fraction of sp³-hybridized carbons (Fsp3) is 0.462. The Labute approximate surface area is 108 Å². The fourth-order valence-electron chi connectivity index (χ4n) is 1.51. The third kappa shape index (κ3) is 4.63. The zero-order valence-electron chi connectivity index (χ0n) is 13.2. The summed E-state index contributed by atoms with van der Waals surface area (Å²) < 4.78 is 0. The van der Waals surface area contributed by atoms with Crippen LogP contribution in [0.15, 0.2) is 34.9 Å². The molecule has 0 fully saturated rings. The van der Waals surface area contributed by atoms with E-state index in [1.54, 1.807) is 0 Å². The molecule has 0 unspecified atom stereocenters. The van der Waals surface area contributed by atoms with Gasteiger partial charge < -0.3 is 9.07 Å². The minimum Gasteiger partial charge on any atom is -1.00 e.